The lowest BCUT2D eigenvalue weighted by molar-refractivity contribution is 0.482. The third-order valence-electron chi connectivity index (χ3n) is 3.52. The van der Waals surface area contributed by atoms with Gasteiger partial charge in [0.2, 0.25) is 11.1 Å². The fourth-order valence-corrected chi connectivity index (χ4v) is 3.57. The Labute approximate surface area is 147 Å². The van der Waals surface area contributed by atoms with Crippen LogP contribution in [0.25, 0.3) is 26.2 Å². The standard InChI is InChI=1S/C16H9N5O4S/c17-19-14-9-15(12-6-1-2-7-13(12)16(14)22)26(23,24)25-11-5-3-4-10(8-11)20-21-18/h1-9H/p+1. The predicted octanol–water partition coefficient (Wildman–Crippen LogP) is 4.74. The molecule has 0 spiro atoms. The third kappa shape index (κ3) is 3.08. The van der Waals surface area contributed by atoms with E-state index in [9.17, 15) is 13.5 Å². The number of phenols is 1. The number of rotatable bonds is 4. The quantitative estimate of drug-likeness (QED) is 0.233. The van der Waals surface area contributed by atoms with E-state index in [-0.39, 0.29) is 38.5 Å². The van der Waals surface area contributed by atoms with Crippen molar-refractivity contribution in [3.63, 3.8) is 0 Å². The summed E-state index contributed by atoms with van der Waals surface area (Å²) in [5.41, 5.74) is 8.34. The number of aromatic hydroxyl groups is 1. The maximum atomic E-state index is 12.7. The zero-order valence-corrected chi connectivity index (χ0v) is 13.8. The molecule has 0 aliphatic rings. The molecule has 3 rings (SSSR count). The Hall–Kier alpha value is -3.80. The van der Waals surface area contributed by atoms with E-state index in [2.05, 4.69) is 15.0 Å². The van der Waals surface area contributed by atoms with E-state index in [0.29, 0.717) is 0 Å². The molecule has 0 unspecified atom stereocenters. The number of phenolic OH excluding ortho intramolecular Hbond substituents is 1. The highest BCUT2D eigenvalue weighted by Gasteiger charge is 2.28. The fourth-order valence-electron chi connectivity index (χ4n) is 2.42. The maximum absolute atomic E-state index is 12.7. The molecule has 0 heterocycles. The first-order valence-electron chi connectivity index (χ1n) is 7.16. The minimum absolute atomic E-state index is 0.0606. The molecule has 3 aromatic carbocycles. The molecule has 0 saturated heterocycles. The lowest BCUT2D eigenvalue weighted by Crippen LogP contribution is -2.10. The van der Waals surface area contributed by atoms with Crippen LogP contribution in [0, 0.1) is 5.39 Å². The van der Waals surface area contributed by atoms with Crippen LogP contribution in [0.1, 0.15) is 0 Å². The normalized spacial score (nSPS) is 10.7. The van der Waals surface area contributed by atoms with Crippen LogP contribution in [0.3, 0.4) is 0 Å². The van der Waals surface area contributed by atoms with Crippen LogP contribution in [0.5, 0.6) is 11.5 Å². The highest BCUT2D eigenvalue weighted by atomic mass is 32.2. The molecule has 0 atom stereocenters. The lowest BCUT2D eigenvalue weighted by atomic mass is 10.1. The van der Waals surface area contributed by atoms with Crippen molar-refractivity contribution in [3.05, 3.63) is 70.0 Å². The Morgan fingerprint density at radius 1 is 1.08 bits per heavy atom. The number of diazo groups is 1. The van der Waals surface area contributed by atoms with E-state index < -0.39 is 10.1 Å². The second-order valence-electron chi connectivity index (χ2n) is 5.11. The maximum Gasteiger partial charge on any atom is 0.428 e. The summed E-state index contributed by atoms with van der Waals surface area (Å²) >= 11 is 0. The molecule has 0 aliphatic heterocycles. The van der Waals surface area contributed by atoms with Gasteiger partial charge in [0.05, 0.1) is 6.07 Å². The van der Waals surface area contributed by atoms with Gasteiger partial charge in [-0.3, -0.25) is 0 Å². The van der Waals surface area contributed by atoms with E-state index in [1.54, 1.807) is 12.1 Å². The van der Waals surface area contributed by atoms with E-state index >= 15 is 0 Å². The van der Waals surface area contributed by atoms with Gasteiger partial charge >= 0.3 is 15.8 Å². The van der Waals surface area contributed by atoms with Gasteiger partial charge < -0.3 is 9.29 Å². The molecule has 1 N–H and O–H groups in total. The van der Waals surface area contributed by atoms with Crippen LogP contribution < -0.4 is 4.18 Å². The highest BCUT2D eigenvalue weighted by Crippen LogP contribution is 2.39. The number of nitrogens with zero attached hydrogens (tertiary/aromatic N) is 5. The van der Waals surface area contributed by atoms with Gasteiger partial charge in [0.15, 0.2) is 4.98 Å². The van der Waals surface area contributed by atoms with Gasteiger partial charge in [0.1, 0.15) is 10.6 Å². The number of azide groups is 1. The Morgan fingerprint density at radius 3 is 2.50 bits per heavy atom. The van der Waals surface area contributed by atoms with Crippen molar-refractivity contribution in [1.29, 1.82) is 5.39 Å². The molecule has 0 amide bonds. The Morgan fingerprint density at radius 2 is 1.81 bits per heavy atom. The zero-order chi connectivity index (χ0) is 18.7. The van der Waals surface area contributed by atoms with E-state index in [1.165, 1.54) is 36.4 Å². The summed E-state index contributed by atoms with van der Waals surface area (Å²) in [7, 11) is -4.34. The average Bonchev–Trinajstić information content (AvgIpc) is 2.62. The second kappa shape index (κ2) is 6.60. The lowest BCUT2D eigenvalue weighted by Gasteiger charge is -2.10. The van der Waals surface area contributed by atoms with Crippen molar-refractivity contribution in [2.45, 2.75) is 4.90 Å². The van der Waals surface area contributed by atoms with Gasteiger partial charge in [-0.2, -0.15) is 8.42 Å². The van der Waals surface area contributed by atoms with E-state index in [1.807, 2.05) is 0 Å². The molecule has 26 heavy (non-hydrogen) atoms. The Bertz CT molecular complexity index is 1210. The third-order valence-corrected chi connectivity index (χ3v) is 4.81. The number of hydrogen-bond acceptors (Lipinski definition) is 6. The molecule has 0 radical (unpaired) electrons. The topological polar surface area (TPSA) is 141 Å². The van der Waals surface area contributed by atoms with Crippen LogP contribution in [-0.2, 0) is 10.1 Å². The summed E-state index contributed by atoms with van der Waals surface area (Å²) < 4.78 is 30.6. The predicted molar refractivity (Wildman–Crippen MR) is 93.4 cm³/mol. The molecule has 9 nitrogen and oxygen atoms in total. The summed E-state index contributed by atoms with van der Waals surface area (Å²) in [5.74, 6) is -0.415. The summed E-state index contributed by atoms with van der Waals surface area (Å²) in [6, 6.07) is 12.8. The first-order valence-corrected chi connectivity index (χ1v) is 8.56. The van der Waals surface area contributed by atoms with Crippen molar-refractivity contribution in [1.82, 2.24) is 0 Å². The fraction of sp³-hybridized carbons (Fsp3) is 0. The summed E-state index contributed by atoms with van der Waals surface area (Å²) in [5, 5.41) is 22.9. The molecule has 0 saturated carbocycles. The first-order chi connectivity index (χ1) is 12.5. The first kappa shape index (κ1) is 17.0. The van der Waals surface area contributed by atoms with Crippen LogP contribution in [0.2, 0.25) is 0 Å². The second-order valence-corrected chi connectivity index (χ2v) is 6.63. The van der Waals surface area contributed by atoms with Gasteiger partial charge in [-0.05, 0) is 17.7 Å². The van der Waals surface area contributed by atoms with Gasteiger partial charge in [-0.25, -0.2) is 0 Å². The molecule has 128 valence electrons. The average molecular weight is 368 g/mol. The molecule has 0 aromatic heterocycles. The molecular formula is C16H10N5O4S+. The van der Waals surface area contributed by atoms with E-state index in [0.717, 1.165) is 6.07 Å². The van der Waals surface area contributed by atoms with Crippen molar-refractivity contribution in [2.75, 3.05) is 0 Å². The zero-order valence-electron chi connectivity index (χ0n) is 13.0. The highest BCUT2D eigenvalue weighted by molar-refractivity contribution is 7.87. The SMILES string of the molecule is N#[N+]c1cc(S(=O)(=O)Oc2cccc(N=[N+]=[N-])c2)c2ccccc2c1O. The minimum Gasteiger partial charge on any atom is -0.501 e. The molecule has 3 aromatic rings. The van der Waals surface area contributed by atoms with Crippen LogP contribution >= 0.6 is 0 Å². The number of fused-ring (bicyclic) bond motifs is 1. The van der Waals surface area contributed by atoms with Crippen LogP contribution in [0.15, 0.2) is 64.6 Å². The summed E-state index contributed by atoms with van der Waals surface area (Å²) in [4.78, 5) is 5.26. The molecule has 0 bridgehead atoms. The van der Waals surface area contributed by atoms with E-state index in [4.69, 9.17) is 15.1 Å². The molecule has 10 heteroatoms. The van der Waals surface area contributed by atoms with Crippen LogP contribution in [-0.4, -0.2) is 13.5 Å². The number of hydrogen-bond donors (Lipinski definition) is 1. The van der Waals surface area contributed by atoms with Gasteiger partial charge in [-0.1, -0.05) is 41.5 Å². The largest absolute Gasteiger partial charge is 0.501 e. The smallest absolute Gasteiger partial charge is 0.428 e. The Kier molecular flexibility index (Phi) is 4.33. The Balaban J connectivity index is 2.16. The van der Waals surface area contributed by atoms with Crippen molar-refractivity contribution in [2.24, 2.45) is 5.11 Å². The minimum atomic E-state index is -4.34. The van der Waals surface area contributed by atoms with Crippen molar-refractivity contribution in [3.8, 4) is 11.5 Å². The molecular weight excluding hydrogens is 358 g/mol. The number of benzene rings is 3. The van der Waals surface area contributed by atoms with Gasteiger partial charge in [0.25, 0.3) is 0 Å². The monoisotopic (exact) mass is 368 g/mol. The van der Waals surface area contributed by atoms with Gasteiger partial charge in [-0.15, -0.1) is 0 Å². The molecule has 0 fully saturated rings. The van der Waals surface area contributed by atoms with Crippen molar-refractivity contribution < 1.29 is 17.7 Å². The van der Waals surface area contributed by atoms with Crippen molar-refractivity contribution >= 4 is 32.3 Å². The van der Waals surface area contributed by atoms with Gasteiger partial charge in [0, 0.05) is 21.4 Å². The molecule has 0 aliphatic carbocycles. The summed E-state index contributed by atoms with van der Waals surface area (Å²) in [6.45, 7) is 0. The summed E-state index contributed by atoms with van der Waals surface area (Å²) in [6.07, 6.45) is 0. The van der Waals surface area contributed by atoms with Crippen LogP contribution in [0.4, 0.5) is 11.4 Å².